The monoisotopic (exact) mass is 336 g/mol. The number of hydrogen-bond acceptors (Lipinski definition) is 2. The van der Waals surface area contributed by atoms with Gasteiger partial charge in [0.25, 0.3) is 0 Å². The molecule has 1 rings (SSSR count). The van der Waals surface area contributed by atoms with E-state index in [1.165, 1.54) is 5.56 Å². The van der Waals surface area contributed by atoms with Crippen molar-refractivity contribution in [3.05, 3.63) is 35.4 Å². The first kappa shape index (κ1) is 19.9. The van der Waals surface area contributed by atoms with Crippen molar-refractivity contribution in [2.45, 2.75) is 77.6 Å². The van der Waals surface area contributed by atoms with Gasteiger partial charge < -0.3 is 9.53 Å². The Morgan fingerprint density at radius 1 is 0.957 bits per heavy atom. The van der Waals surface area contributed by atoms with E-state index >= 15 is 0 Å². The number of carboxylic acids is 1. The molecule has 0 atom stereocenters. The first-order valence-corrected chi connectivity index (χ1v) is 10.8. The number of aliphatic carboxylic acids is 1. The van der Waals surface area contributed by atoms with Crippen LogP contribution in [0.25, 0.3) is 0 Å². The van der Waals surface area contributed by atoms with Gasteiger partial charge in [0.1, 0.15) is 0 Å². The average molecular weight is 337 g/mol. The van der Waals surface area contributed by atoms with Crippen molar-refractivity contribution in [2.24, 2.45) is 0 Å². The number of aryl methyl sites for hydroxylation is 1. The van der Waals surface area contributed by atoms with Gasteiger partial charge in [-0.15, -0.1) is 0 Å². The van der Waals surface area contributed by atoms with Crippen LogP contribution in [-0.4, -0.2) is 19.4 Å². The largest absolute Gasteiger partial charge is 0.481 e. The van der Waals surface area contributed by atoms with Gasteiger partial charge >= 0.3 is 5.97 Å². The molecule has 3 nitrogen and oxygen atoms in total. The lowest BCUT2D eigenvalue weighted by Gasteiger charge is -2.42. The summed E-state index contributed by atoms with van der Waals surface area (Å²) in [6.45, 7) is 14.4. The Morgan fingerprint density at radius 3 is 1.78 bits per heavy atom. The molecule has 23 heavy (non-hydrogen) atoms. The van der Waals surface area contributed by atoms with Crippen molar-refractivity contribution < 1.29 is 14.3 Å². The standard InChI is InChI=1S/C19H32O3Si/c1-14(2)23(15(3)4,16(5)6)22-13-18-9-7-17(8-10-18)11-12-19(20)21/h7-10,14-16H,11-13H2,1-6H3,(H,20,21). The predicted octanol–water partition coefficient (Wildman–Crippen LogP) is 5.40. The van der Waals surface area contributed by atoms with Gasteiger partial charge in [0.05, 0.1) is 6.61 Å². The molecule has 0 aliphatic rings. The third-order valence-electron chi connectivity index (χ3n) is 4.85. The van der Waals surface area contributed by atoms with Crippen molar-refractivity contribution in [1.82, 2.24) is 0 Å². The Bertz CT molecular complexity index is 470. The number of carboxylic acid groups (broad SMARTS) is 1. The van der Waals surface area contributed by atoms with E-state index in [4.69, 9.17) is 9.53 Å². The fraction of sp³-hybridized carbons (Fsp3) is 0.632. The number of hydrogen-bond donors (Lipinski definition) is 1. The molecule has 0 aliphatic carbocycles. The fourth-order valence-corrected chi connectivity index (χ4v) is 9.18. The van der Waals surface area contributed by atoms with Crippen LogP contribution in [0.1, 0.15) is 59.1 Å². The van der Waals surface area contributed by atoms with E-state index < -0.39 is 14.3 Å². The van der Waals surface area contributed by atoms with Crippen LogP contribution in [-0.2, 0) is 22.2 Å². The van der Waals surface area contributed by atoms with Gasteiger partial charge in [-0.3, -0.25) is 4.79 Å². The van der Waals surface area contributed by atoms with Crippen molar-refractivity contribution in [3.8, 4) is 0 Å². The number of carbonyl (C=O) groups is 1. The molecular weight excluding hydrogens is 304 g/mol. The maximum absolute atomic E-state index is 10.6. The van der Waals surface area contributed by atoms with Gasteiger partial charge in [-0.1, -0.05) is 65.8 Å². The molecule has 1 aromatic rings. The Morgan fingerprint density at radius 2 is 1.39 bits per heavy atom. The maximum atomic E-state index is 10.6. The molecule has 0 unspecified atom stereocenters. The highest BCUT2D eigenvalue weighted by atomic mass is 28.4. The second-order valence-electron chi connectivity index (χ2n) is 7.32. The third-order valence-corrected chi connectivity index (χ3v) is 10.9. The van der Waals surface area contributed by atoms with Crippen LogP contribution in [0.4, 0.5) is 0 Å². The van der Waals surface area contributed by atoms with Gasteiger partial charge in [-0.2, -0.15) is 0 Å². The van der Waals surface area contributed by atoms with E-state index in [1.807, 2.05) is 12.1 Å². The van der Waals surface area contributed by atoms with E-state index in [1.54, 1.807) is 0 Å². The van der Waals surface area contributed by atoms with Crippen LogP contribution < -0.4 is 0 Å². The average Bonchev–Trinajstić information content (AvgIpc) is 2.45. The molecule has 0 saturated carbocycles. The van der Waals surface area contributed by atoms with Gasteiger partial charge in [-0.05, 0) is 34.2 Å². The minimum Gasteiger partial charge on any atom is -0.481 e. The zero-order valence-corrected chi connectivity index (χ0v) is 16.4. The van der Waals surface area contributed by atoms with Crippen LogP contribution in [0.2, 0.25) is 16.6 Å². The van der Waals surface area contributed by atoms with E-state index in [-0.39, 0.29) is 6.42 Å². The molecule has 130 valence electrons. The topological polar surface area (TPSA) is 46.5 Å². The Hall–Kier alpha value is -1.13. The van der Waals surface area contributed by atoms with Crippen LogP contribution in [0, 0.1) is 0 Å². The quantitative estimate of drug-likeness (QED) is 0.614. The van der Waals surface area contributed by atoms with Crippen molar-refractivity contribution in [2.75, 3.05) is 0 Å². The number of rotatable bonds is 9. The smallest absolute Gasteiger partial charge is 0.303 e. The molecule has 0 aromatic heterocycles. The highest BCUT2D eigenvalue weighted by molar-refractivity contribution is 6.77. The van der Waals surface area contributed by atoms with Crippen LogP contribution in [0.15, 0.2) is 24.3 Å². The zero-order valence-electron chi connectivity index (χ0n) is 15.4. The summed E-state index contributed by atoms with van der Waals surface area (Å²) in [5, 5.41) is 8.74. The summed E-state index contributed by atoms with van der Waals surface area (Å²) in [5.74, 6) is -0.751. The highest BCUT2D eigenvalue weighted by Crippen LogP contribution is 2.42. The van der Waals surface area contributed by atoms with Crippen LogP contribution in [0.5, 0.6) is 0 Å². The van der Waals surface area contributed by atoms with E-state index in [2.05, 4.69) is 53.7 Å². The molecule has 1 N–H and O–H groups in total. The summed E-state index contributed by atoms with van der Waals surface area (Å²) in [7, 11) is -1.83. The van der Waals surface area contributed by atoms with Gasteiger partial charge in [0.15, 0.2) is 0 Å². The lowest BCUT2D eigenvalue weighted by atomic mass is 10.1. The minimum absolute atomic E-state index is 0.180. The molecule has 0 bridgehead atoms. The van der Waals surface area contributed by atoms with Crippen molar-refractivity contribution >= 4 is 14.3 Å². The first-order valence-electron chi connectivity index (χ1n) is 8.63. The van der Waals surface area contributed by atoms with Crippen LogP contribution in [0.3, 0.4) is 0 Å². The lowest BCUT2D eigenvalue weighted by Crippen LogP contribution is -2.47. The molecule has 0 saturated heterocycles. The fourth-order valence-electron chi connectivity index (χ4n) is 3.76. The molecular formula is C19H32O3Si. The molecule has 4 heteroatoms. The summed E-state index contributed by atoms with van der Waals surface area (Å²) in [6, 6.07) is 8.17. The SMILES string of the molecule is CC(C)[Si](OCc1ccc(CCC(=O)O)cc1)(C(C)C)C(C)C. The summed E-state index contributed by atoms with van der Waals surface area (Å²) < 4.78 is 6.58. The van der Waals surface area contributed by atoms with E-state index in [0.717, 1.165) is 5.56 Å². The second-order valence-corrected chi connectivity index (χ2v) is 12.8. The van der Waals surface area contributed by atoms with Gasteiger partial charge in [0.2, 0.25) is 8.32 Å². The molecule has 0 aliphatic heterocycles. The van der Waals surface area contributed by atoms with Crippen LogP contribution >= 0.6 is 0 Å². The van der Waals surface area contributed by atoms with Gasteiger partial charge in [-0.25, -0.2) is 0 Å². The second kappa shape index (κ2) is 8.64. The molecule has 0 amide bonds. The summed E-state index contributed by atoms with van der Waals surface area (Å²) in [4.78, 5) is 10.6. The molecule has 0 heterocycles. The van der Waals surface area contributed by atoms with E-state index in [0.29, 0.717) is 29.7 Å². The zero-order chi connectivity index (χ0) is 17.6. The molecule has 0 fully saturated rings. The van der Waals surface area contributed by atoms with Crippen molar-refractivity contribution in [1.29, 1.82) is 0 Å². The third kappa shape index (κ3) is 5.18. The molecule has 0 radical (unpaired) electrons. The Kier molecular flexibility index (Phi) is 7.48. The highest BCUT2D eigenvalue weighted by Gasteiger charge is 2.44. The lowest BCUT2D eigenvalue weighted by molar-refractivity contribution is -0.136. The predicted molar refractivity (Wildman–Crippen MR) is 98.2 cm³/mol. The normalized spacial score (nSPS) is 12.4. The Balaban J connectivity index is 2.76. The molecule has 1 aromatic carbocycles. The van der Waals surface area contributed by atoms with Gasteiger partial charge in [0, 0.05) is 6.42 Å². The number of benzene rings is 1. The molecule has 0 spiro atoms. The van der Waals surface area contributed by atoms with Crippen molar-refractivity contribution in [3.63, 3.8) is 0 Å². The summed E-state index contributed by atoms with van der Waals surface area (Å²) >= 11 is 0. The first-order chi connectivity index (χ1) is 10.7. The summed E-state index contributed by atoms with van der Waals surface area (Å²) in [5.41, 5.74) is 3.98. The summed E-state index contributed by atoms with van der Waals surface area (Å²) in [6.07, 6.45) is 0.763. The maximum Gasteiger partial charge on any atom is 0.303 e. The Labute approximate surface area is 142 Å². The minimum atomic E-state index is -1.83. The van der Waals surface area contributed by atoms with E-state index in [9.17, 15) is 4.79 Å².